The quantitative estimate of drug-likeness (QED) is 0.0293. The number of hydrogen-bond acceptors (Lipinski definition) is 8. The van der Waals surface area contributed by atoms with Crippen molar-refractivity contribution in [3.8, 4) is 22.3 Å². The SMILES string of the molecule is CCCCCCCCCCCCCCCCC1(CCCCCCCCCCCCCCCC)c2cc3c(cc2-c2c1cc(B(O)O)c1n[se]nc21)C(CCCCCCCCCCCCCCCC)(CCCCCCCCCCCCCCCC)c1cc(B2OC(C)(C)C(C)(C)O2)c2n[se]nc2c1-3. The van der Waals surface area contributed by atoms with Crippen molar-refractivity contribution in [2.45, 2.75) is 463 Å². The Bertz CT molecular complexity index is 3020. The summed E-state index contributed by atoms with van der Waals surface area (Å²) in [6.07, 6.45) is 79.7. The third-order valence-electron chi connectivity index (χ3n) is 25.5. The van der Waals surface area contributed by atoms with Gasteiger partial charge in [0.05, 0.1) is 0 Å². The van der Waals surface area contributed by atoms with Gasteiger partial charge in [-0.05, 0) is 0 Å². The van der Waals surface area contributed by atoms with E-state index in [2.05, 4.69) is 79.7 Å². The van der Waals surface area contributed by atoms with Crippen LogP contribution < -0.4 is 10.9 Å². The molecule has 3 aliphatic rings. The maximum absolute atomic E-state index is 11.5. The number of unbranched alkanes of at least 4 members (excludes halogenated alkanes) is 52. The fourth-order valence-corrected chi connectivity index (χ4v) is 20.9. The topological polar surface area (TPSA) is 110 Å². The zero-order valence-electron chi connectivity index (χ0n) is 67.2. The minimum absolute atomic E-state index is 0.253. The number of nitrogens with zero attached hydrogens (tertiary/aromatic N) is 4. The third-order valence-corrected chi connectivity index (χ3v) is 27.7. The van der Waals surface area contributed by atoms with E-state index >= 15 is 0 Å². The summed E-state index contributed by atoms with van der Waals surface area (Å²) in [4.78, 5) is 0. The average molecular weight is 1530 g/mol. The molecule has 572 valence electrons. The molecular weight excluding hydrogens is 1380 g/mol. The Morgan fingerprint density at radius 1 is 0.304 bits per heavy atom. The molecule has 8 rings (SSSR count). The first-order valence-electron chi connectivity index (χ1n) is 44.4. The standard InChI is InChI=1S/C90H150B2N4O4Se2/c1-9-13-17-21-25-29-33-37-41-45-49-53-57-61-65-89(66-62-58-54-50-46-42-38-34-30-26-22-18-14-10-2)75-70-74-76(69-73(75)81-77(89)71-79(91(97)98)83-85(81)95-101-93-83)90(67-63-59-55-51-47-43-39-35-31-27-23-19-15-11-3,68-64-60-56-52-48-44-40-36-32-28-24-20-16-12-4)78-72-80(84-86(82(74)78)96-102-94-84)92-99-87(5,6)88(7,8)100-92/h69-72,97-98H,9-68H2,1-8H3. The third kappa shape index (κ3) is 24.7. The predicted octanol–water partition coefficient (Wildman–Crippen LogP) is 25.7. The Morgan fingerprint density at radius 3 is 0.814 bits per heavy atom. The van der Waals surface area contributed by atoms with Crippen LogP contribution in [0.4, 0.5) is 0 Å². The second-order valence-corrected chi connectivity index (χ2v) is 36.4. The van der Waals surface area contributed by atoms with E-state index in [4.69, 9.17) is 25.2 Å². The van der Waals surface area contributed by atoms with E-state index in [9.17, 15) is 10.0 Å². The summed E-state index contributed by atoms with van der Waals surface area (Å²) in [6, 6.07) is 10.3. The Kier molecular flexibility index (Phi) is 39.4. The number of hydrogen-bond donors (Lipinski definition) is 2. The molecule has 2 N–H and O–H groups in total. The molecule has 12 heteroatoms. The summed E-state index contributed by atoms with van der Waals surface area (Å²) in [7, 11) is -2.15. The van der Waals surface area contributed by atoms with E-state index in [1.165, 1.54) is 391 Å². The van der Waals surface area contributed by atoms with Gasteiger partial charge in [-0.3, -0.25) is 0 Å². The van der Waals surface area contributed by atoms with E-state index in [-0.39, 0.29) is 40.8 Å². The van der Waals surface area contributed by atoms with Crippen LogP contribution in [-0.4, -0.2) is 81.3 Å². The molecule has 3 heterocycles. The summed E-state index contributed by atoms with van der Waals surface area (Å²) in [5.74, 6) is 0. The number of fused-ring (bicyclic) bond motifs is 10. The summed E-state index contributed by atoms with van der Waals surface area (Å²) >= 11 is -0.636. The van der Waals surface area contributed by atoms with Gasteiger partial charge in [-0.1, -0.05) is 233 Å². The molecule has 0 spiro atoms. The van der Waals surface area contributed by atoms with Gasteiger partial charge in [-0.25, -0.2) is 0 Å². The molecule has 5 aromatic rings. The van der Waals surface area contributed by atoms with E-state index in [0.717, 1.165) is 60.5 Å². The van der Waals surface area contributed by atoms with Crippen LogP contribution in [0.2, 0.25) is 0 Å². The van der Waals surface area contributed by atoms with Gasteiger partial charge >= 0.3 is 411 Å². The van der Waals surface area contributed by atoms with E-state index in [1.54, 1.807) is 0 Å². The van der Waals surface area contributed by atoms with E-state index in [0.29, 0.717) is 11.0 Å². The van der Waals surface area contributed by atoms with Crippen molar-refractivity contribution in [3.05, 3.63) is 46.5 Å². The first-order valence-corrected chi connectivity index (χ1v) is 47.5. The van der Waals surface area contributed by atoms with Crippen LogP contribution in [0, 0.1) is 0 Å². The molecule has 2 aliphatic carbocycles. The first kappa shape index (κ1) is 85.5. The van der Waals surface area contributed by atoms with Crippen molar-refractivity contribution in [1.82, 2.24) is 15.9 Å². The summed E-state index contributed by atoms with van der Waals surface area (Å²) < 4.78 is 35.6. The Labute approximate surface area is 639 Å². The molecule has 102 heavy (non-hydrogen) atoms. The fourth-order valence-electron chi connectivity index (χ4n) is 18.5. The monoisotopic (exact) mass is 1530 g/mol. The van der Waals surface area contributed by atoms with Crippen LogP contribution in [0.5, 0.6) is 0 Å². The van der Waals surface area contributed by atoms with E-state index < -0.39 is 25.4 Å². The maximum atomic E-state index is 11.5. The minimum atomic E-state index is -1.62. The summed E-state index contributed by atoms with van der Waals surface area (Å²) in [5, 5.41) is 22.9. The Balaban J connectivity index is 1.14. The van der Waals surface area contributed by atoms with Crippen LogP contribution in [0.25, 0.3) is 44.3 Å². The summed E-state index contributed by atoms with van der Waals surface area (Å²) in [6.45, 7) is 18.1. The van der Waals surface area contributed by atoms with Crippen LogP contribution in [-0.2, 0) is 20.1 Å². The second-order valence-electron chi connectivity index (χ2n) is 34.2. The molecule has 0 saturated carbocycles. The van der Waals surface area contributed by atoms with E-state index in [1.807, 2.05) is 0 Å². The fraction of sp³-hybridized carbons (Fsp3) is 0.800. The Hall–Kier alpha value is -2.13. The van der Waals surface area contributed by atoms with Crippen molar-refractivity contribution in [2.24, 2.45) is 0 Å². The van der Waals surface area contributed by atoms with Gasteiger partial charge < -0.3 is 0 Å². The molecule has 0 radical (unpaired) electrons. The Morgan fingerprint density at radius 2 is 0.539 bits per heavy atom. The summed E-state index contributed by atoms with van der Waals surface area (Å²) in [5.41, 5.74) is 14.7. The van der Waals surface area contributed by atoms with Gasteiger partial charge in [0.15, 0.2) is 0 Å². The molecule has 0 bridgehead atoms. The molecule has 1 saturated heterocycles. The number of benzene rings is 3. The zero-order chi connectivity index (χ0) is 72.1. The second kappa shape index (κ2) is 47.1. The molecule has 1 fully saturated rings. The number of rotatable bonds is 62. The van der Waals surface area contributed by atoms with Gasteiger partial charge in [0, 0.05) is 0 Å². The molecular formula is C90H150B2N4O4Se2. The molecule has 2 aromatic heterocycles. The van der Waals surface area contributed by atoms with Gasteiger partial charge in [-0.2, -0.15) is 0 Å². The molecule has 1 aliphatic heterocycles. The van der Waals surface area contributed by atoms with Crippen LogP contribution >= 0.6 is 0 Å². The predicted molar refractivity (Wildman–Crippen MR) is 444 cm³/mol. The van der Waals surface area contributed by atoms with Crippen molar-refractivity contribution >= 4 is 77.2 Å². The van der Waals surface area contributed by atoms with Gasteiger partial charge in [-0.15, -0.1) is 0 Å². The van der Waals surface area contributed by atoms with Crippen molar-refractivity contribution < 1.29 is 19.4 Å². The zero-order valence-corrected chi connectivity index (χ0v) is 70.6. The molecule has 0 amide bonds. The average Bonchev–Trinajstić information content (AvgIpc) is 1.52. The van der Waals surface area contributed by atoms with Gasteiger partial charge in [0.2, 0.25) is 0 Å². The van der Waals surface area contributed by atoms with Crippen molar-refractivity contribution in [1.29, 1.82) is 0 Å². The van der Waals surface area contributed by atoms with Crippen LogP contribution in [0.15, 0.2) is 24.3 Å². The van der Waals surface area contributed by atoms with Crippen LogP contribution in [0.1, 0.15) is 463 Å². The van der Waals surface area contributed by atoms with Crippen LogP contribution in [0.3, 0.4) is 0 Å². The van der Waals surface area contributed by atoms with Crippen molar-refractivity contribution in [3.63, 3.8) is 0 Å². The van der Waals surface area contributed by atoms with Gasteiger partial charge in [0.25, 0.3) is 0 Å². The molecule has 0 unspecified atom stereocenters. The molecule has 8 nitrogen and oxygen atoms in total. The molecule has 0 atom stereocenters. The first-order chi connectivity index (χ1) is 49.9. The number of aromatic nitrogens is 4. The van der Waals surface area contributed by atoms with Gasteiger partial charge in [0.1, 0.15) is 0 Å². The normalized spacial score (nSPS) is 15.4. The molecule has 3 aromatic carbocycles. The van der Waals surface area contributed by atoms with Crippen molar-refractivity contribution in [2.75, 3.05) is 0 Å².